The molecule has 0 aliphatic rings. The predicted octanol–water partition coefficient (Wildman–Crippen LogP) is 4.65. The number of fused-ring (bicyclic) bond motifs is 1. The van der Waals surface area contributed by atoms with E-state index in [0.29, 0.717) is 0 Å². The summed E-state index contributed by atoms with van der Waals surface area (Å²) in [5.74, 6) is 0. The first-order chi connectivity index (χ1) is 6.76. The van der Waals surface area contributed by atoms with Crippen molar-refractivity contribution in [1.82, 2.24) is 0 Å². The van der Waals surface area contributed by atoms with E-state index < -0.39 is 0 Å². The van der Waals surface area contributed by atoms with Gasteiger partial charge >= 0.3 is 0 Å². The van der Waals surface area contributed by atoms with E-state index >= 15 is 0 Å². The Morgan fingerprint density at radius 3 is 2.86 bits per heavy atom. The lowest BCUT2D eigenvalue weighted by Gasteiger charge is -1.95. The summed E-state index contributed by atoms with van der Waals surface area (Å²) >= 11 is 9.88. The van der Waals surface area contributed by atoms with Crippen LogP contribution in [-0.2, 0) is 11.8 Å². The van der Waals surface area contributed by atoms with E-state index in [0.717, 1.165) is 16.6 Å². The molecule has 0 saturated heterocycles. The van der Waals surface area contributed by atoms with Gasteiger partial charge in [-0.15, -0.1) is 24.0 Å². The fourth-order valence-electron chi connectivity index (χ4n) is 1.50. The summed E-state index contributed by atoms with van der Waals surface area (Å²) in [4.78, 5) is 2.55. The highest BCUT2D eigenvalue weighted by atomic mass is 79.9. The number of thiophene rings is 1. The van der Waals surface area contributed by atoms with Crippen LogP contribution in [0.2, 0.25) is 0 Å². The lowest BCUT2D eigenvalue weighted by atomic mass is 10.2. The van der Waals surface area contributed by atoms with Gasteiger partial charge in [0.15, 0.2) is 0 Å². The molecule has 2 aromatic rings. The molecule has 0 saturated carbocycles. The standard InChI is InChI=1S/C11H11BrS2/c1-2-9-11(13)8-4-3-7(6-12)5-10(8)14-9/h3-5,13H,2,6H2,1H3. The lowest BCUT2D eigenvalue weighted by molar-refractivity contribution is 1.15. The Bertz CT molecular complexity index is 460. The van der Waals surface area contributed by atoms with Gasteiger partial charge in [-0.2, -0.15) is 0 Å². The van der Waals surface area contributed by atoms with E-state index in [1.807, 2.05) is 11.3 Å². The molecule has 0 nitrogen and oxygen atoms in total. The van der Waals surface area contributed by atoms with Gasteiger partial charge in [0, 0.05) is 25.2 Å². The minimum atomic E-state index is 0.921. The SMILES string of the molecule is CCc1sc2cc(CBr)ccc2c1S. The van der Waals surface area contributed by atoms with Crippen LogP contribution < -0.4 is 0 Å². The first kappa shape index (κ1) is 10.5. The Kier molecular flexibility index (Phi) is 3.20. The molecule has 1 aromatic heterocycles. The van der Waals surface area contributed by atoms with Crippen LogP contribution in [0.3, 0.4) is 0 Å². The molecule has 0 spiro atoms. The second kappa shape index (κ2) is 4.25. The highest BCUT2D eigenvalue weighted by Gasteiger charge is 2.07. The zero-order valence-electron chi connectivity index (χ0n) is 7.88. The Morgan fingerprint density at radius 1 is 1.43 bits per heavy atom. The summed E-state index contributed by atoms with van der Waals surface area (Å²) < 4.78 is 1.35. The third kappa shape index (κ3) is 1.73. The molecule has 0 unspecified atom stereocenters. The summed E-state index contributed by atoms with van der Waals surface area (Å²) in [6.45, 7) is 2.18. The predicted molar refractivity (Wildman–Crippen MR) is 71.1 cm³/mol. The molecule has 0 fully saturated rings. The summed E-state index contributed by atoms with van der Waals surface area (Å²) in [6, 6.07) is 6.57. The van der Waals surface area contributed by atoms with Crippen molar-refractivity contribution < 1.29 is 0 Å². The molecule has 0 aliphatic heterocycles. The zero-order chi connectivity index (χ0) is 10.1. The quantitative estimate of drug-likeness (QED) is 0.603. The number of hydrogen-bond acceptors (Lipinski definition) is 2. The van der Waals surface area contributed by atoms with Gasteiger partial charge in [-0.05, 0) is 18.1 Å². The third-order valence-corrected chi connectivity index (χ3v) is 4.88. The Labute approximate surface area is 102 Å². The lowest BCUT2D eigenvalue weighted by Crippen LogP contribution is -1.75. The van der Waals surface area contributed by atoms with E-state index in [-0.39, 0.29) is 0 Å². The molecule has 1 aromatic carbocycles. The highest BCUT2D eigenvalue weighted by Crippen LogP contribution is 2.35. The number of aryl methyl sites for hydroxylation is 1. The molecule has 0 N–H and O–H groups in total. The molecular weight excluding hydrogens is 276 g/mol. The van der Waals surface area contributed by atoms with Crippen LogP contribution >= 0.6 is 39.9 Å². The number of hydrogen-bond donors (Lipinski definition) is 1. The summed E-state index contributed by atoms with van der Waals surface area (Å²) in [6.07, 6.45) is 1.07. The van der Waals surface area contributed by atoms with Crippen LogP contribution in [0, 0.1) is 0 Å². The van der Waals surface area contributed by atoms with Crippen molar-refractivity contribution in [2.45, 2.75) is 23.6 Å². The third-order valence-electron chi connectivity index (χ3n) is 2.27. The summed E-state index contributed by atoms with van der Waals surface area (Å²) in [5, 5.41) is 2.21. The first-order valence-corrected chi connectivity index (χ1v) is 6.94. The van der Waals surface area contributed by atoms with Crippen molar-refractivity contribution >= 4 is 50.0 Å². The van der Waals surface area contributed by atoms with Gasteiger partial charge < -0.3 is 0 Å². The second-order valence-electron chi connectivity index (χ2n) is 3.19. The van der Waals surface area contributed by atoms with Crippen LogP contribution in [0.1, 0.15) is 17.4 Å². The number of alkyl halides is 1. The van der Waals surface area contributed by atoms with Gasteiger partial charge in [-0.25, -0.2) is 0 Å². The Hall–Kier alpha value is 0.01000. The number of rotatable bonds is 2. The van der Waals surface area contributed by atoms with Gasteiger partial charge in [0.05, 0.1) is 0 Å². The molecule has 0 aliphatic carbocycles. The van der Waals surface area contributed by atoms with Crippen molar-refractivity contribution in [3.63, 3.8) is 0 Å². The average molecular weight is 287 g/mol. The average Bonchev–Trinajstić information content (AvgIpc) is 2.55. The largest absolute Gasteiger partial charge is 0.142 e. The van der Waals surface area contributed by atoms with Gasteiger partial charge in [-0.3, -0.25) is 0 Å². The van der Waals surface area contributed by atoms with Crippen molar-refractivity contribution in [1.29, 1.82) is 0 Å². The van der Waals surface area contributed by atoms with E-state index in [2.05, 4.69) is 53.7 Å². The molecule has 2 rings (SSSR count). The topological polar surface area (TPSA) is 0 Å². The molecule has 0 amide bonds. The number of halogens is 1. The van der Waals surface area contributed by atoms with Crippen LogP contribution in [0.5, 0.6) is 0 Å². The van der Waals surface area contributed by atoms with Crippen molar-refractivity contribution in [3.05, 3.63) is 28.6 Å². The van der Waals surface area contributed by atoms with Gasteiger partial charge in [0.2, 0.25) is 0 Å². The molecule has 14 heavy (non-hydrogen) atoms. The highest BCUT2D eigenvalue weighted by molar-refractivity contribution is 9.08. The monoisotopic (exact) mass is 286 g/mol. The fraction of sp³-hybridized carbons (Fsp3) is 0.273. The smallest absolute Gasteiger partial charge is 0.0360 e. The molecule has 3 heteroatoms. The molecule has 0 atom stereocenters. The van der Waals surface area contributed by atoms with Crippen LogP contribution in [-0.4, -0.2) is 0 Å². The molecule has 0 radical (unpaired) electrons. The zero-order valence-corrected chi connectivity index (χ0v) is 11.2. The Morgan fingerprint density at radius 2 is 2.21 bits per heavy atom. The van der Waals surface area contributed by atoms with E-state index in [9.17, 15) is 0 Å². The minimum Gasteiger partial charge on any atom is -0.142 e. The summed E-state index contributed by atoms with van der Waals surface area (Å²) in [5.41, 5.74) is 1.33. The number of thiol groups is 1. The van der Waals surface area contributed by atoms with Gasteiger partial charge in [-0.1, -0.05) is 35.0 Å². The maximum atomic E-state index is 4.56. The molecule has 74 valence electrons. The minimum absolute atomic E-state index is 0.921. The first-order valence-electron chi connectivity index (χ1n) is 4.55. The van der Waals surface area contributed by atoms with Crippen molar-refractivity contribution in [2.24, 2.45) is 0 Å². The van der Waals surface area contributed by atoms with Crippen molar-refractivity contribution in [2.75, 3.05) is 0 Å². The maximum Gasteiger partial charge on any atom is 0.0360 e. The van der Waals surface area contributed by atoms with Gasteiger partial charge in [0.25, 0.3) is 0 Å². The molecule has 0 bridgehead atoms. The van der Waals surface area contributed by atoms with Crippen LogP contribution in [0.4, 0.5) is 0 Å². The van der Waals surface area contributed by atoms with Crippen molar-refractivity contribution in [3.8, 4) is 0 Å². The summed E-state index contributed by atoms with van der Waals surface area (Å²) in [7, 11) is 0. The maximum absolute atomic E-state index is 4.56. The van der Waals surface area contributed by atoms with Crippen LogP contribution in [0.25, 0.3) is 10.1 Å². The molecule has 1 heterocycles. The van der Waals surface area contributed by atoms with Crippen LogP contribution in [0.15, 0.2) is 23.1 Å². The fourth-order valence-corrected chi connectivity index (χ4v) is 3.52. The van der Waals surface area contributed by atoms with Gasteiger partial charge in [0.1, 0.15) is 0 Å². The van der Waals surface area contributed by atoms with E-state index in [1.165, 1.54) is 20.5 Å². The number of benzene rings is 1. The molecular formula is C11H11BrS2. The van der Waals surface area contributed by atoms with E-state index in [1.54, 1.807) is 0 Å². The Balaban J connectivity index is 2.66. The normalized spacial score (nSPS) is 11.1. The second-order valence-corrected chi connectivity index (χ2v) is 5.34. The van der Waals surface area contributed by atoms with E-state index in [4.69, 9.17) is 0 Å².